The lowest BCUT2D eigenvalue weighted by Gasteiger charge is -2.28. The highest BCUT2D eigenvalue weighted by molar-refractivity contribution is 6.32. The van der Waals surface area contributed by atoms with Crippen LogP contribution in [0, 0.1) is 0 Å². The molecule has 0 aliphatic heterocycles. The van der Waals surface area contributed by atoms with Crippen LogP contribution in [0.5, 0.6) is 11.5 Å². The Kier molecular flexibility index (Phi) is 5.86. The van der Waals surface area contributed by atoms with Gasteiger partial charge in [0.1, 0.15) is 17.0 Å². The summed E-state index contributed by atoms with van der Waals surface area (Å²) in [5.41, 5.74) is -0.315. The number of hydrogen-bond donors (Lipinski definition) is 2. The molecule has 0 unspecified atom stereocenters. The standard InChI is InChI=1S/C20H21ClN2O4/c1-26-19(25)23-20(12-4-5-13-20)18(24)22-14-8-10-15(11-9-14)27-17-7-3-2-6-16(17)21/h2-3,6-11H,4-5,12-13H2,1H3,(H,22,24)(H,23,25). The van der Waals surface area contributed by atoms with E-state index in [4.69, 9.17) is 16.3 Å². The molecule has 142 valence electrons. The number of halogens is 1. The SMILES string of the molecule is COC(=O)NC1(C(=O)Nc2ccc(Oc3ccccc3Cl)cc2)CCCC1. The fourth-order valence-corrected chi connectivity index (χ4v) is 3.32. The van der Waals surface area contributed by atoms with Gasteiger partial charge < -0.3 is 20.1 Å². The molecule has 1 saturated carbocycles. The van der Waals surface area contributed by atoms with E-state index < -0.39 is 11.6 Å². The number of methoxy groups -OCH3 is 1. The maximum Gasteiger partial charge on any atom is 0.407 e. The highest BCUT2D eigenvalue weighted by Crippen LogP contribution is 2.32. The molecular weight excluding hydrogens is 368 g/mol. The number of alkyl carbamates (subject to hydrolysis) is 1. The average molecular weight is 389 g/mol. The molecule has 1 fully saturated rings. The van der Waals surface area contributed by atoms with Gasteiger partial charge in [-0.3, -0.25) is 4.79 Å². The van der Waals surface area contributed by atoms with Gasteiger partial charge >= 0.3 is 6.09 Å². The maximum absolute atomic E-state index is 12.8. The number of benzene rings is 2. The first kappa shape index (κ1) is 19.0. The second-order valence-electron chi connectivity index (χ2n) is 6.42. The minimum absolute atomic E-state index is 0.245. The molecule has 0 heterocycles. The molecule has 0 spiro atoms. The topological polar surface area (TPSA) is 76.7 Å². The molecular formula is C20H21ClN2O4. The number of carbonyl (C=O) groups excluding carboxylic acids is 2. The second-order valence-corrected chi connectivity index (χ2v) is 6.82. The van der Waals surface area contributed by atoms with Crippen molar-refractivity contribution in [1.82, 2.24) is 5.32 Å². The van der Waals surface area contributed by atoms with Crippen molar-refractivity contribution in [3.8, 4) is 11.5 Å². The fourth-order valence-electron chi connectivity index (χ4n) is 3.15. The molecule has 1 aliphatic rings. The highest BCUT2D eigenvalue weighted by Gasteiger charge is 2.42. The third kappa shape index (κ3) is 4.52. The summed E-state index contributed by atoms with van der Waals surface area (Å²) in [4.78, 5) is 24.4. The van der Waals surface area contributed by atoms with Gasteiger partial charge in [-0.1, -0.05) is 36.6 Å². The van der Waals surface area contributed by atoms with Crippen molar-refractivity contribution in [1.29, 1.82) is 0 Å². The summed E-state index contributed by atoms with van der Waals surface area (Å²) in [5, 5.41) is 6.09. The van der Waals surface area contributed by atoms with Gasteiger partial charge in [0.05, 0.1) is 12.1 Å². The van der Waals surface area contributed by atoms with Gasteiger partial charge in [0.25, 0.3) is 0 Å². The van der Waals surface area contributed by atoms with Crippen LogP contribution in [-0.2, 0) is 9.53 Å². The van der Waals surface area contributed by atoms with Gasteiger partial charge in [-0.2, -0.15) is 0 Å². The van der Waals surface area contributed by atoms with Crippen LogP contribution < -0.4 is 15.4 Å². The normalized spacial score (nSPS) is 15.0. The first-order chi connectivity index (χ1) is 13.0. The Balaban J connectivity index is 1.67. The van der Waals surface area contributed by atoms with Crippen LogP contribution >= 0.6 is 11.6 Å². The van der Waals surface area contributed by atoms with E-state index >= 15 is 0 Å². The molecule has 2 aromatic rings. The predicted octanol–water partition coefficient (Wildman–Crippen LogP) is 4.74. The summed E-state index contributed by atoms with van der Waals surface area (Å²) in [6.45, 7) is 0. The first-order valence-corrected chi connectivity index (χ1v) is 9.10. The number of nitrogens with one attached hydrogen (secondary N) is 2. The second kappa shape index (κ2) is 8.31. The van der Waals surface area contributed by atoms with Crippen molar-refractivity contribution in [3.63, 3.8) is 0 Å². The Labute approximate surface area is 162 Å². The Hall–Kier alpha value is -2.73. The third-order valence-electron chi connectivity index (χ3n) is 4.60. The van der Waals surface area contributed by atoms with E-state index in [9.17, 15) is 9.59 Å². The molecule has 3 rings (SSSR count). The predicted molar refractivity (Wildman–Crippen MR) is 103 cm³/mol. The van der Waals surface area contributed by atoms with Crippen molar-refractivity contribution >= 4 is 29.3 Å². The summed E-state index contributed by atoms with van der Waals surface area (Å²) < 4.78 is 10.4. The van der Waals surface area contributed by atoms with E-state index in [-0.39, 0.29) is 5.91 Å². The number of rotatable bonds is 5. The molecule has 0 radical (unpaired) electrons. The van der Waals surface area contributed by atoms with Crippen molar-refractivity contribution in [2.75, 3.05) is 12.4 Å². The van der Waals surface area contributed by atoms with E-state index in [1.807, 2.05) is 12.1 Å². The lowest BCUT2D eigenvalue weighted by Crippen LogP contribution is -2.55. The minimum atomic E-state index is -0.931. The maximum atomic E-state index is 12.8. The number of ether oxygens (including phenoxy) is 2. The summed E-state index contributed by atoms with van der Waals surface area (Å²) in [6.07, 6.45) is 2.32. The molecule has 7 heteroatoms. The largest absolute Gasteiger partial charge is 0.456 e. The van der Waals surface area contributed by atoms with Crippen LogP contribution in [0.3, 0.4) is 0 Å². The minimum Gasteiger partial charge on any atom is -0.456 e. The number of carbonyl (C=O) groups is 2. The van der Waals surface area contributed by atoms with Gasteiger partial charge in [0, 0.05) is 5.69 Å². The Morgan fingerprint density at radius 2 is 1.70 bits per heavy atom. The van der Waals surface area contributed by atoms with Crippen molar-refractivity contribution < 1.29 is 19.1 Å². The number of hydrogen-bond acceptors (Lipinski definition) is 4. The number of anilines is 1. The van der Waals surface area contributed by atoms with Crippen LogP contribution in [-0.4, -0.2) is 24.6 Å². The molecule has 0 aromatic heterocycles. The van der Waals surface area contributed by atoms with E-state index in [1.165, 1.54) is 7.11 Å². The molecule has 2 amide bonds. The monoisotopic (exact) mass is 388 g/mol. The smallest absolute Gasteiger partial charge is 0.407 e. The van der Waals surface area contributed by atoms with Crippen molar-refractivity contribution in [2.24, 2.45) is 0 Å². The third-order valence-corrected chi connectivity index (χ3v) is 4.91. The van der Waals surface area contributed by atoms with Crippen LogP contribution in [0.15, 0.2) is 48.5 Å². The first-order valence-electron chi connectivity index (χ1n) is 8.72. The van der Waals surface area contributed by atoms with E-state index in [0.717, 1.165) is 12.8 Å². The van der Waals surface area contributed by atoms with E-state index in [0.29, 0.717) is 35.1 Å². The lowest BCUT2D eigenvalue weighted by molar-refractivity contribution is -0.122. The van der Waals surface area contributed by atoms with Gasteiger partial charge in [0.15, 0.2) is 0 Å². The van der Waals surface area contributed by atoms with Gasteiger partial charge in [-0.15, -0.1) is 0 Å². The summed E-state index contributed by atoms with van der Waals surface area (Å²) in [6, 6.07) is 14.2. The number of para-hydroxylation sites is 1. The zero-order valence-electron chi connectivity index (χ0n) is 15.0. The zero-order chi connectivity index (χ0) is 19.3. The zero-order valence-corrected chi connectivity index (χ0v) is 15.7. The molecule has 6 nitrogen and oxygen atoms in total. The van der Waals surface area contributed by atoms with Gasteiger partial charge in [0.2, 0.25) is 5.91 Å². The fraction of sp³-hybridized carbons (Fsp3) is 0.300. The Morgan fingerprint density at radius 1 is 1.04 bits per heavy atom. The van der Waals surface area contributed by atoms with Crippen LogP contribution in [0.1, 0.15) is 25.7 Å². The molecule has 1 aliphatic carbocycles. The van der Waals surface area contributed by atoms with Crippen LogP contribution in [0.2, 0.25) is 5.02 Å². The number of amides is 2. The van der Waals surface area contributed by atoms with Crippen LogP contribution in [0.25, 0.3) is 0 Å². The molecule has 2 N–H and O–H groups in total. The van der Waals surface area contributed by atoms with Crippen molar-refractivity contribution in [3.05, 3.63) is 53.6 Å². The summed E-state index contributed by atoms with van der Waals surface area (Å²) in [7, 11) is 1.29. The molecule has 0 atom stereocenters. The Morgan fingerprint density at radius 3 is 2.33 bits per heavy atom. The molecule has 27 heavy (non-hydrogen) atoms. The Bertz CT molecular complexity index is 817. The highest BCUT2D eigenvalue weighted by atomic mass is 35.5. The van der Waals surface area contributed by atoms with E-state index in [2.05, 4.69) is 15.4 Å². The average Bonchev–Trinajstić information content (AvgIpc) is 3.15. The van der Waals surface area contributed by atoms with Gasteiger partial charge in [-0.25, -0.2) is 4.79 Å². The van der Waals surface area contributed by atoms with Gasteiger partial charge in [-0.05, 0) is 49.2 Å². The molecule has 0 saturated heterocycles. The summed E-state index contributed by atoms with van der Waals surface area (Å²) in [5.74, 6) is 0.915. The van der Waals surface area contributed by atoms with E-state index in [1.54, 1.807) is 36.4 Å². The van der Waals surface area contributed by atoms with Crippen molar-refractivity contribution in [2.45, 2.75) is 31.2 Å². The lowest BCUT2D eigenvalue weighted by atomic mass is 9.96. The molecule has 0 bridgehead atoms. The van der Waals surface area contributed by atoms with Crippen LogP contribution in [0.4, 0.5) is 10.5 Å². The summed E-state index contributed by atoms with van der Waals surface area (Å²) >= 11 is 6.09. The molecule has 2 aromatic carbocycles. The quantitative estimate of drug-likeness (QED) is 0.775.